The third-order valence-corrected chi connectivity index (χ3v) is 3.00. The fraction of sp³-hybridized carbons (Fsp3) is 0.467. The van der Waals surface area contributed by atoms with E-state index in [9.17, 15) is 18.4 Å². The molecular formula is C15H20F2N2O3. The highest BCUT2D eigenvalue weighted by Gasteiger charge is 2.21. The third-order valence-electron chi connectivity index (χ3n) is 3.00. The normalized spacial score (nSPS) is 10.4. The monoisotopic (exact) mass is 314 g/mol. The Hall–Kier alpha value is -2.02. The van der Waals surface area contributed by atoms with Gasteiger partial charge in [-0.3, -0.25) is 9.59 Å². The number of hydrogen-bond acceptors (Lipinski definition) is 3. The minimum absolute atomic E-state index is 0.0352. The molecule has 7 heteroatoms. The van der Waals surface area contributed by atoms with Crippen LogP contribution in [0.4, 0.5) is 14.5 Å². The number of rotatable bonds is 7. The summed E-state index contributed by atoms with van der Waals surface area (Å²) in [6.45, 7) is 2.12. The van der Waals surface area contributed by atoms with Crippen LogP contribution in [0.1, 0.15) is 26.2 Å². The molecule has 1 aromatic rings. The van der Waals surface area contributed by atoms with Gasteiger partial charge in [-0.15, -0.1) is 0 Å². The second-order valence-electron chi connectivity index (χ2n) is 4.84. The highest BCUT2D eigenvalue weighted by molar-refractivity contribution is 6.39. The minimum Gasteiger partial charge on any atom is -0.395 e. The molecule has 0 spiro atoms. The Balaban J connectivity index is 2.69. The maximum Gasteiger partial charge on any atom is 0.313 e. The van der Waals surface area contributed by atoms with Gasteiger partial charge in [0.1, 0.15) is 11.6 Å². The molecule has 2 amide bonds. The Morgan fingerprint density at radius 1 is 1.14 bits per heavy atom. The molecule has 0 fully saturated rings. The predicted octanol–water partition coefficient (Wildman–Crippen LogP) is 1.91. The van der Waals surface area contributed by atoms with E-state index in [1.807, 2.05) is 6.92 Å². The molecule has 0 saturated carbocycles. The molecule has 1 aromatic carbocycles. The van der Waals surface area contributed by atoms with Gasteiger partial charge in [0.25, 0.3) is 0 Å². The largest absolute Gasteiger partial charge is 0.395 e. The van der Waals surface area contributed by atoms with Crippen molar-refractivity contribution in [1.82, 2.24) is 4.90 Å². The van der Waals surface area contributed by atoms with Crippen molar-refractivity contribution >= 4 is 17.5 Å². The number of halogens is 2. The third kappa shape index (κ3) is 5.77. The smallest absolute Gasteiger partial charge is 0.313 e. The predicted molar refractivity (Wildman–Crippen MR) is 78.2 cm³/mol. The van der Waals surface area contributed by atoms with Crippen LogP contribution in [0.25, 0.3) is 0 Å². The van der Waals surface area contributed by atoms with Crippen LogP contribution in [0.5, 0.6) is 0 Å². The van der Waals surface area contributed by atoms with Gasteiger partial charge in [-0.25, -0.2) is 8.78 Å². The Morgan fingerprint density at radius 2 is 1.77 bits per heavy atom. The Bertz CT molecular complexity index is 503. The van der Waals surface area contributed by atoms with Crippen LogP contribution in [0.3, 0.4) is 0 Å². The fourth-order valence-corrected chi connectivity index (χ4v) is 1.94. The van der Waals surface area contributed by atoms with Crippen LogP contribution in [0, 0.1) is 11.6 Å². The van der Waals surface area contributed by atoms with Crippen molar-refractivity contribution in [3.63, 3.8) is 0 Å². The van der Waals surface area contributed by atoms with E-state index < -0.39 is 23.4 Å². The van der Waals surface area contributed by atoms with Gasteiger partial charge in [0.2, 0.25) is 0 Å². The second kappa shape index (κ2) is 9.09. The molecular weight excluding hydrogens is 294 g/mol. The number of benzene rings is 1. The van der Waals surface area contributed by atoms with E-state index in [2.05, 4.69) is 5.32 Å². The van der Waals surface area contributed by atoms with E-state index in [1.54, 1.807) is 0 Å². The van der Waals surface area contributed by atoms with Gasteiger partial charge in [0.05, 0.1) is 6.61 Å². The van der Waals surface area contributed by atoms with Crippen LogP contribution in [0.15, 0.2) is 18.2 Å². The number of unbranched alkanes of at least 4 members (excludes halogenated alkanes) is 2. The molecule has 0 unspecified atom stereocenters. The highest BCUT2D eigenvalue weighted by Crippen LogP contribution is 2.13. The number of hydrogen-bond donors (Lipinski definition) is 2. The van der Waals surface area contributed by atoms with Crippen LogP contribution in [0.2, 0.25) is 0 Å². The molecule has 0 aliphatic heterocycles. The number of carbonyl (C=O) groups excluding carboxylic acids is 2. The van der Waals surface area contributed by atoms with Crippen LogP contribution in [-0.2, 0) is 9.59 Å². The average Bonchev–Trinajstić information content (AvgIpc) is 2.44. The summed E-state index contributed by atoms with van der Waals surface area (Å²) in [6.07, 6.45) is 2.56. The molecule has 0 atom stereocenters. The highest BCUT2D eigenvalue weighted by atomic mass is 19.1. The zero-order chi connectivity index (χ0) is 16.5. The van der Waals surface area contributed by atoms with E-state index in [0.29, 0.717) is 19.0 Å². The Kier molecular flexibility index (Phi) is 7.45. The van der Waals surface area contributed by atoms with Gasteiger partial charge in [-0.05, 0) is 18.6 Å². The summed E-state index contributed by atoms with van der Waals surface area (Å²) in [4.78, 5) is 25.1. The number of anilines is 1. The first-order chi connectivity index (χ1) is 10.5. The maximum absolute atomic E-state index is 13.0. The molecule has 0 radical (unpaired) electrons. The summed E-state index contributed by atoms with van der Waals surface area (Å²) in [5.41, 5.74) is -0.131. The number of carbonyl (C=O) groups is 2. The zero-order valence-electron chi connectivity index (χ0n) is 12.4. The Labute approximate surface area is 127 Å². The number of nitrogens with one attached hydrogen (secondary N) is 1. The van der Waals surface area contributed by atoms with Crippen molar-refractivity contribution in [2.75, 3.05) is 25.0 Å². The van der Waals surface area contributed by atoms with Crippen LogP contribution in [-0.4, -0.2) is 41.5 Å². The summed E-state index contributed by atoms with van der Waals surface area (Å²) < 4.78 is 26.1. The quantitative estimate of drug-likeness (QED) is 0.597. The average molecular weight is 314 g/mol. The van der Waals surface area contributed by atoms with Gasteiger partial charge in [0, 0.05) is 24.8 Å². The van der Waals surface area contributed by atoms with E-state index >= 15 is 0 Å². The van der Waals surface area contributed by atoms with Crippen molar-refractivity contribution in [1.29, 1.82) is 0 Å². The molecule has 122 valence electrons. The first-order valence-corrected chi connectivity index (χ1v) is 7.15. The molecule has 0 saturated heterocycles. The fourth-order valence-electron chi connectivity index (χ4n) is 1.94. The van der Waals surface area contributed by atoms with E-state index in [1.165, 1.54) is 4.90 Å². The summed E-state index contributed by atoms with van der Waals surface area (Å²) in [7, 11) is 0. The minimum atomic E-state index is -0.991. The lowest BCUT2D eigenvalue weighted by Crippen LogP contribution is -2.41. The number of aliphatic hydroxyl groups excluding tert-OH is 1. The Morgan fingerprint density at radius 3 is 2.32 bits per heavy atom. The summed E-state index contributed by atoms with van der Waals surface area (Å²) in [5.74, 6) is -3.53. The van der Waals surface area contributed by atoms with Gasteiger partial charge in [0.15, 0.2) is 0 Å². The molecule has 0 heterocycles. The first kappa shape index (κ1) is 18.0. The van der Waals surface area contributed by atoms with Gasteiger partial charge in [-0.2, -0.15) is 0 Å². The van der Waals surface area contributed by atoms with Crippen LogP contribution >= 0.6 is 0 Å². The van der Waals surface area contributed by atoms with Crippen molar-refractivity contribution in [2.45, 2.75) is 26.2 Å². The van der Waals surface area contributed by atoms with Crippen molar-refractivity contribution < 1.29 is 23.5 Å². The SMILES string of the molecule is CCCCCN(CCO)C(=O)C(=O)Nc1cc(F)cc(F)c1. The maximum atomic E-state index is 13.0. The second-order valence-corrected chi connectivity index (χ2v) is 4.84. The summed E-state index contributed by atoms with van der Waals surface area (Å²) in [5, 5.41) is 11.1. The number of nitrogens with zero attached hydrogens (tertiary/aromatic N) is 1. The lowest BCUT2D eigenvalue weighted by atomic mass is 10.2. The molecule has 2 N–H and O–H groups in total. The van der Waals surface area contributed by atoms with Crippen molar-refractivity contribution in [2.24, 2.45) is 0 Å². The topological polar surface area (TPSA) is 69.6 Å². The summed E-state index contributed by atoms with van der Waals surface area (Å²) >= 11 is 0. The van der Waals surface area contributed by atoms with Crippen molar-refractivity contribution in [3.05, 3.63) is 29.8 Å². The van der Waals surface area contributed by atoms with E-state index in [4.69, 9.17) is 5.11 Å². The lowest BCUT2D eigenvalue weighted by molar-refractivity contribution is -0.143. The molecule has 0 aromatic heterocycles. The summed E-state index contributed by atoms with van der Waals surface area (Å²) in [6, 6.07) is 2.50. The molecule has 22 heavy (non-hydrogen) atoms. The van der Waals surface area contributed by atoms with Gasteiger partial charge in [-0.1, -0.05) is 19.8 Å². The zero-order valence-corrected chi connectivity index (χ0v) is 12.4. The van der Waals surface area contributed by atoms with E-state index in [-0.39, 0.29) is 18.8 Å². The molecule has 0 aliphatic rings. The first-order valence-electron chi connectivity index (χ1n) is 7.15. The molecule has 5 nitrogen and oxygen atoms in total. The van der Waals surface area contributed by atoms with E-state index in [0.717, 1.165) is 25.0 Å². The molecule has 1 rings (SSSR count). The van der Waals surface area contributed by atoms with Crippen LogP contribution < -0.4 is 5.32 Å². The van der Waals surface area contributed by atoms with Gasteiger partial charge >= 0.3 is 11.8 Å². The standard InChI is InChI=1S/C15H20F2N2O3/c1-2-3-4-5-19(6-7-20)15(22)14(21)18-13-9-11(16)8-12(17)10-13/h8-10,20H,2-7H2,1H3,(H,18,21). The lowest BCUT2D eigenvalue weighted by Gasteiger charge is -2.21. The number of amides is 2. The van der Waals surface area contributed by atoms with Gasteiger partial charge < -0.3 is 15.3 Å². The molecule has 0 aliphatic carbocycles. The van der Waals surface area contributed by atoms with Crippen molar-refractivity contribution in [3.8, 4) is 0 Å². The number of aliphatic hydroxyl groups is 1. The molecule has 0 bridgehead atoms.